The molecule has 0 aliphatic carbocycles. The van der Waals surface area contributed by atoms with E-state index >= 15 is 0 Å². The second-order valence-electron chi connectivity index (χ2n) is 4.63. The van der Waals surface area contributed by atoms with Gasteiger partial charge in [-0.2, -0.15) is 0 Å². The SMILES string of the molecule is CCCNCC(C)=Cc1ccc2c(c1)CCO2. The van der Waals surface area contributed by atoms with Crippen molar-refractivity contribution in [1.82, 2.24) is 5.32 Å². The van der Waals surface area contributed by atoms with Gasteiger partial charge in [-0.15, -0.1) is 0 Å². The first-order valence-corrected chi connectivity index (χ1v) is 6.43. The van der Waals surface area contributed by atoms with Gasteiger partial charge in [0.25, 0.3) is 0 Å². The molecule has 0 amide bonds. The first-order valence-electron chi connectivity index (χ1n) is 6.43. The van der Waals surface area contributed by atoms with Crippen molar-refractivity contribution in [3.63, 3.8) is 0 Å². The van der Waals surface area contributed by atoms with Crippen LogP contribution in [0.25, 0.3) is 6.08 Å². The van der Waals surface area contributed by atoms with Crippen LogP contribution in [0.5, 0.6) is 5.75 Å². The Hall–Kier alpha value is -1.28. The molecule has 0 radical (unpaired) electrons. The predicted molar refractivity (Wildman–Crippen MR) is 72.5 cm³/mol. The van der Waals surface area contributed by atoms with Crippen molar-refractivity contribution in [1.29, 1.82) is 0 Å². The molecule has 0 fully saturated rings. The average molecular weight is 231 g/mol. The largest absolute Gasteiger partial charge is 0.493 e. The van der Waals surface area contributed by atoms with E-state index in [-0.39, 0.29) is 0 Å². The van der Waals surface area contributed by atoms with Gasteiger partial charge in [0.05, 0.1) is 6.61 Å². The van der Waals surface area contributed by atoms with E-state index in [4.69, 9.17) is 4.74 Å². The lowest BCUT2D eigenvalue weighted by Gasteiger charge is -2.04. The maximum atomic E-state index is 5.50. The van der Waals surface area contributed by atoms with E-state index in [0.29, 0.717) is 0 Å². The fourth-order valence-electron chi connectivity index (χ4n) is 2.09. The third kappa shape index (κ3) is 3.34. The molecular weight excluding hydrogens is 210 g/mol. The second-order valence-corrected chi connectivity index (χ2v) is 4.63. The molecule has 1 aliphatic heterocycles. The molecule has 2 nitrogen and oxygen atoms in total. The summed E-state index contributed by atoms with van der Waals surface area (Å²) in [7, 11) is 0. The van der Waals surface area contributed by atoms with E-state index in [0.717, 1.165) is 31.9 Å². The molecule has 92 valence electrons. The minimum Gasteiger partial charge on any atom is -0.493 e. The fourth-order valence-corrected chi connectivity index (χ4v) is 2.09. The minimum atomic E-state index is 0.833. The second kappa shape index (κ2) is 5.87. The highest BCUT2D eigenvalue weighted by Gasteiger charge is 2.11. The summed E-state index contributed by atoms with van der Waals surface area (Å²) in [5.74, 6) is 1.06. The summed E-state index contributed by atoms with van der Waals surface area (Å²) in [4.78, 5) is 0. The maximum absolute atomic E-state index is 5.50. The van der Waals surface area contributed by atoms with Gasteiger partial charge in [-0.3, -0.25) is 0 Å². The Kier molecular flexibility index (Phi) is 4.21. The van der Waals surface area contributed by atoms with E-state index < -0.39 is 0 Å². The highest BCUT2D eigenvalue weighted by atomic mass is 16.5. The van der Waals surface area contributed by atoms with Crippen LogP contribution in [0.4, 0.5) is 0 Å². The van der Waals surface area contributed by atoms with Crippen molar-refractivity contribution < 1.29 is 4.74 Å². The van der Waals surface area contributed by atoms with Crippen molar-refractivity contribution in [2.45, 2.75) is 26.7 Å². The molecule has 2 heteroatoms. The Morgan fingerprint density at radius 3 is 3.18 bits per heavy atom. The Labute approximate surface area is 104 Å². The van der Waals surface area contributed by atoms with Crippen LogP contribution in [0.1, 0.15) is 31.4 Å². The lowest BCUT2D eigenvalue weighted by molar-refractivity contribution is 0.357. The number of hydrogen-bond donors (Lipinski definition) is 1. The first-order chi connectivity index (χ1) is 8.29. The number of nitrogens with one attached hydrogen (secondary N) is 1. The number of ether oxygens (including phenoxy) is 1. The summed E-state index contributed by atoms with van der Waals surface area (Å²) in [6.07, 6.45) is 4.48. The zero-order chi connectivity index (χ0) is 12.1. The van der Waals surface area contributed by atoms with Crippen LogP contribution in [-0.2, 0) is 6.42 Å². The lowest BCUT2D eigenvalue weighted by atomic mass is 10.1. The average Bonchev–Trinajstić information content (AvgIpc) is 2.76. The van der Waals surface area contributed by atoms with Gasteiger partial charge in [0, 0.05) is 13.0 Å². The van der Waals surface area contributed by atoms with Crippen LogP contribution in [0.2, 0.25) is 0 Å². The van der Waals surface area contributed by atoms with Crippen LogP contribution in [0.15, 0.2) is 23.8 Å². The maximum Gasteiger partial charge on any atom is 0.122 e. The van der Waals surface area contributed by atoms with Crippen molar-refractivity contribution in [3.8, 4) is 5.75 Å². The number of fused-ring (bicyclic) bond motifs is 1. The molecular formula is C15H21NO. The Balaban J connectivity index is 2.00. The van der Waals surface area contributed by atoms with Crippen LogP contribution in [0, 0.1) is 0 Å². The summed E-state index contributed by atoms with van der Waals surface area (Å²) in [5.41, 5.74) is 4.00. The molecule has 0 aromatic heterocycles. The molecule has 0 unspecified atom stereocenters. The molecule has 17 heavy (non-hydrogen) atoms. The van der Waals surface area contributed by atoms with Gasteiger partial charge in [0.15, 0.2) is 0 Å². The van der Waals surface area contributed by atoms with Crippen molar-refractivity contribution in [3.05, 3.63) is 34.9 Å². The summed E-state index contributed by atoms with van der Waals surface area (Å²) >= 11 is 0. The summed E-state index contributed by atoms with van der Waals surface area (Å²) < 4.78 is 5.50. The third-order valence-corrected chi connectivity index (χ3v) is 2.96. The van der Waals surface area contributed by atoms with Gasteiger partial charge in [-0.1, -0.05) is 24.6 Å². The summed E-state index contributed by atoms with van der Waals surface area (Å²) in [6, 6.07) is 6.46. The Morgan fingerprint density at radius 2 is 2.35 bits per heavy atom. The normalized spacial score (nSPS) is 14.6. The number of rotatable bonds is 5. The van der Waals surface area contributed by atoms with Gasteiger partial charge in [0.2, 0.25) is 0 Å². The van der Waals surface area contributed by atoms with Gasteiger partial charge in [-0.25, -0.2) is 0 Å². The number of benzene rings is 1. The van der Waals surface area contributed by atoms with Crippen molar-refractivity contribution in [2.24, 2.45) is 0 Å². The minimum absolute atomic E-state index is 0.833. The van der Waals surface area contributed by atoms with Crippen molar-refractivity contribution >= 4 is 6.08 Å². The molecule has 0 atom stereocenters. The summed E-state index contributed by atoms with van der Waals surface area (Å²) in [5, 5.41) is 3.41. The van der Waals surface area contributed by atoms with Crippen LogP contribution >= 0.6 is 0 Å². The molecule has 1 aliphatic rings. The molecule has 1 aromatic carbocycles. The molecule has 0 saturated heterocycles. The molecule has 0 bridgehead atoms. The van der Waals surface area contributed by atoms with E-state index in [1.165, 1.54) is 23.1 Å². The van der Waals surface area contributed by atoms with Gasteiger partial charge < -0.3 is 10.1 Å². The molecule has 0 spiro atoms. The van der Waals surface area contributed by atoms with E-state index in [1.54, 1.807) is 0 Å². The Morgan fingerprint density at radius 1 is 1.47 bits per heavy atom. The monoisotopic (exact) mass is 231 g/mol. The van der Waals surface area contributed by atoms with Gasteiger partial charge in [0.1, 0.15) is 5.75 Å². The third-order valence-electron chi connectivity index (χ3n) is 2.96. The lowest BCUT2D eigenvalue weighted by Crippen LogP contribution is -2.16. The highest BCUT2D eigenvalue weighted by Crippen LogP contribution is 2.26. The number of hydrogen-bond acceptors (Lipinski definition) is 2. The first kappa shape index (κ1) is 12.2. The quantitative estimate of drug-likeness (QED) is 0.786. The zero-order valence-electron chi connectivity index (χ0n) is 10.8. The predicted octanol–water partition coefficient (Wildman–Crippen LogP) is 3.02. The van der Waals surface area contributed by atoms with Gasteiger partial charge in [-0.05, 0) is 43.1 Å². The molecule has 1 aromatic rings. The van der Waals surface area contributed by atoms with Crippen LogP contribution in [0.3, 0.4) is 0 Å². The molecule has 2 rings (SSSR count). The zero-order valence-corrected chi connectivity index (χ0v) is 10.8. The van der Waals surface area contributed by atoms with Crippen molar-refractivity contribution in [2.75, 3.05) is 19.7 Å². The van der Waals surface area contributed by atoms with Crippen LogP contribution in [-0.4, -0.2) is 19.7 Å². The van der Waals surface area contributed by atoms with Gasteiger partial charge >= 0.3 is 0 Å². The highest BCUT2D eigenvalue weighted by molar-refractivity contribution is 5.56. The van der Waals surface area contributed by atoms with E-state index in [9.17, 15) is 0 Å². The standard InChI is InChI=1S/C15H21NO/c1-3-7-16-11-12(2)9-13-4-5-15-14(10-13)6-8-17-15/h4-5,9-10,16H,3,6-8,11H2,1-2H3. The topological polar surface area (TPSA) is 21.3 Å². The summed E-state index contributed by atoms with van der Waals surface area (Å²) in [6.45, 7) is 7.25. The van der Waals surface area contributed by atoms with E-state index in [1.807, 2.05) is 0 Å². The molecule has 1 heterocycles. The van der Waals surface area contributed by atoms with E-state index in [2.05, 4.69) is 43.4 Å². The molecule has 0 saturated carbocycles. The molecule has 1 N–H and O–H groups in total. The Bertz CT molecular complexity index is 409. The smallest absolute Gasteiger partial charge is 0.122 e. The van der Waals surface area contributed by atoms with Crippen LogP contribution < -0.4 is 10.1 Å². The fraction of sp³-hybridized carbons (Fsp3) is 0.467.